The number of rotatable bonds is 6. The molecule has 0 unspecified atom stereocenters. The Morgan fingerprint density at radius 2 is 0.769 bits per heavy atom. The van der Waals surface area contributed by atoms with Gasteiger partial charge in [-0.3, -0.25) is 0 Å². The molecule has 0 heterocycles. The first-order valence-electron chi connectivity index (χ1n) is 15.8. The molecule has 2 aromatic rings. The molecule has 8 aliphatic rings. The first-order valence-corrected chi connectivity index (χ1v) is 15.8. The van der Waals surface area contributed by atoms with E-state index < -0.39 is 0 Å². The second-order valence-electron chi connectivity index (χ2n) is 15.2. The predicted molar refractivity (Wildman–Crippen MR) is 151 cm³/mol. The van der Waals surface area contributed by atoms with Crippen molar-refractivity contribution in [2.45, 2.75) is 108 Å². The summed E-state index contributed by atoms with van der Waals surface area (Å²) in [4.78, 5) is 0. The van der Waals surface area contributed by atoms with Gasteiger partial charge < -0.3 is 20.4 Å². The summed E-state index contributed by atoms with van der Waals surface area (Å²) >= 11 is 0. The average Bonchev–Trinajstić information content (AvgIpc) is 2.89. The third-order valence-corrected chi connectivity index (χ3v) is 12.6. The molecule has 8 saturated carbocycles. The molecule has 8 aliphatic carbocycles. The highest BCUT2D eigenvalue weighted by Crippen LogP contribution is 2.62. The molecule has 4 nitrogen and oxygen atoms in total. The molecule has 10 rings (SSSR count). The van der Waals surface area contributed by atoms with Crippen molar-refractivity contribution >= 4 is 0 Å². The van der Waals surface area contributed by atoms with Crippen molar-refractivity contribution in [3.05, 3.63) is 57.6 Å². The van der Waals surface area contributed by atoms with Crippen molar-refractivity contribution < 1.29 is 20.4 Å². The van der Waals surface area contributed by atoms with E-state index in [0.29, 0.717) is 17.5 Å². The van der Waals surface area contributed by atoms with E-state index >= 15 is 0 Å². The van der Waals surface area contributed by atoms with Crippen LogP contribution in [0.5, 0.6) is 11.5 Å². The zero-order valence-corrected chi connectivity index (χ0v) is 23.2. The fraction of sp³-hybridized carbons (Fsp3) is 0.657. The Bertz CT molecular complexity index is 1140. The van der Waals surface area contributed by atoms with Crippen molar-refractivity contribution in [2.24, 2.45) is 35.5 Å². The monoisotopic (exact) mass is 528 g/mol. The van der Waals surface area contributed by atoms with Gasteiger partial charge in [-0.25, -0.2) is 0 Å². The summed E-state index contributed by atoms with van der Waals surface area (Å²) < 4.78 is 0. The lowest BCUT2D eigenvalue weighted by molar-refractivity contribution is -0.00538. The maximum Gasteiger partial charge on any atom is 0.124 e. The molecule has 8 bridgehead atoms. The Labute approximate surface area is 232 Å². The zero-order valence-electron chi connectivity index (χ0n) is 23.2. The summed E-state index contributed by atoms with van der Waals surface area (Å²) in [5, 5.41) is 43.1. The van der Waals surface area contributed by atoms with E-state index in [-0.39, 0.29) is 35.5 Å². The minimum absolute atomic E-state index is 0.163. The molecule has 0 aromatic heterocycles. The van der Waals surface area contributed by atoms with E-state index in [1.54, 1.807) is 0 Å². The number of aliphatic hydroxyl groups excluding tert-OH is 2. The van der Waals surface area contributed by atoms with Crippen molar-refractivity contribution in [3.8, 4) is 11.5 Å². The summed E-state index contributed by atoms with van der Waals surface area (Å²) in [6.07, 6.45) is 16.1. The lowest BCUT2D eigenvalue weighted by atomic mass is 9.48. The summed E-state index contributed by atoms with van der Waals surface area (Å²) in [5.41, 5.74) is 5.73. The maximum absolute atomic E-state index is 11.3. The minimum atomic E-state index is -0.180. The first kappa shape index (κ1) is 24.7. The molecular formula is C35H44O4. The molecule has 0 amide bonds. The van der Waals surface area contributed by atoms with Gasteiger partial charge in [0.2, 0.25) is 0 Å². The Balaban J connectivity index is 1.19. The van der Waals surface area contributed by atoms with Crippen LogP contribution < -0.4 is 0 Å². The second-order valence-corrected chi connectivity index (χ2v) is 15.2. The van der Waals surface area contributed by atoms with E-state index in [2.05, 4.69) is 24.3 Å². The fourth-order valence-corrected chi connectivity index (χ4v) is 11.8. The summed E-state index contributed by atoms with van der Waals surface area (Å²) in [7, 11) is 0. The average molecular weight is 529 g/mol. The van der Waals surface area contributed by atoms with Crippen LogP contribution in [0, 0.1) is 35.5 Å². The largest absolute Gasteiger partial charge is 0.507 e. The Hall–Kier alpha value is -2.04. The van der Waals surface area contributed by atoms with Gasteiger partial charge in [-0.2, -0.15) is 0 Å². The summed E-state index contributed by atoms with van der Waals surface area (Å²) in [6.45, 7) is -0.361. The van der Waals surface area contributed by atoms with Crippen molar-refractivity contribution in [2.75, 3.05) is 0 Å². The Morgan fingerprint density at radius 1 is 0.487 bits per heavy atom. The Kier molecular flexibility index (Phi) is 5.54. The van der Waals surface area contributed by atoms with E-state index in [4.69, 9.17) is 0 Å². The van der Waals surface area contributed by atoms with Crippen LogP contribution in [0.1, 0.15) is 110 Å². The van der Waals surface area contributed by atoms with E-state index in [9.17, 15) is 20.4 Å². The van der Waals surface area contributed by atoms with Gasteiger partial charge in [-0.15, -0.1) is 0 Å². The molecule has 0 aliphatic heterocycles. The Morgan fingerprint density at radius 3 is 1.05 bits per heavy atom. The molecule has 208 valence electrons. The molecule has 4 heteroatoms. The van der Waals surface area contributed by atoms with E-state index in [1.165, 1.54) is 88.2 Å². The molecule has 0 radical (unpaired) electrons. The minimum Gasteiger partial charge on any atom is -0.507 e. The molecule has 0 saturated heterocycles. The van der Waals surface area contributed by atoms with Gasteiger partial charge in [-0.05, 0) is 158 Å². The number of phenols is 2. The van der Waals surface area contributed by atoms with Crippen LogP contribution in [-0.2, 0) is 30.5 Å². The van der Waals surface area contributed by atoms with Crippen molar-refractivity contribution in [1.82, 2.24) is 0 Å². The quantitative estimate of drug-likeness (QED) is 0.340. The highest BCUT2D eigenvalue weighted by molar-refractivity contribution is 5.53. The number of aromatic hydroxyl groups is 2. The van der Waals surface area contributed by atoms with Gasteiger partial charge >= 0.3 is 0 Å². The standard InChI is InChI=1S/C35H44O4/c36-18-28-10-30(34-12-20-1-21(13-34)3-22(2-20)14-34)8-26(32(28)38)7-27-9-31(11-29(19-37)33(27)39)35-15-23-4-24(16-35)6-25(5-23)17-35/h8-11,20-25,36-39H,1-7,12-19H2. The smallest absolute Gasteiger partial charge is 0.124 e. The molecule has 4 N–H and O–H groups in total. The summed E-state index contributed by atoms with van der Waals surface area (Å²) in [6, 6.07) is 8.57. The highest BCUT2D eigenvalue weighted by atomic mass is 16.3. The summed E-state index contributed by atoms with van der Waals surface area (Å²) in [5.74, 6) is 5.24. The molecular weight excluding hydrogens is 484 g/mol. The van der Waals surface area contributed by atoms with Crippen LogP contribution in [0.3, 0.4) is 0 Å². The lowest BCUT2D eigenvalue weighted by Crippen LogP contribution is -2.48. The third kappa shape index (κ3) is 3.84. The van der Waals surface area contributed by atoms with Crippen molar-refractivity contribution in [3.63, 3.8) is 0 Å². The number of benzene rings is 2. The second kappa shape index (κ2) is 8.73. The van der Waals surface area contributed by atoms with E-state index in [1.807, 2.05) is 0 Å². The molecule has 0 spiro atoms. The van der Waals surface area contributed by atoms with Crippen LogP contribution in [0.4, 0.5) is 0 Å². The highest BCUT2D eigenvalue weighted by Gasteiger charge is 2.53. The molecule has 0 atom stereocenters. The van der Waals surface area contributed by atoms with Gasteiger partial charge in [0.05, 0.1) is 13.2 Å². The van der Waals surface area contributed by atoms with Crippen LogP contribution in [0.15, 0.2) is 24.3 Å². The molecule has 2 aromatic carbocycles. The van der Waals surface area contributed by atoms with Gasteiger partial charge in [0.15, 0.2) is 0 Å². The number of hydrogen-bond donors (Lipinski definition) is 4. The van der Waals surface area contributed by atoms with Gasteiger partial charge in [0.25, 0.3) is 0 Å². The SMILES string of the molecule is OCc1cc(C23CC4CC(CC(C4)C2)C3)cc(Cc2cc(C34CC5CC(CC(C5)C3)C4)cc(CO)c2O)c1O. The third-order valence-electron chi connectivity index (χ3n) is 12.6. The molecule has 39 heavy (non-hydrogen) atoms. The van der Waals surface area contributed by atoms with Gasteiger partial charge in [0, 0.05) is 17.5 Å². The van der Waals surface area contributed by atoms with E-state index in [0.717, 1.165) is 46.6 Å². The van der Waals surface area contributed by atoms with Crippen LogP contribution in [0.25, 0.3) is 0 Å². The normalized spacial score (nSPS) is 39.5. The number of hydrogen-bond acceptors (Lipinski definition) is 4. The van der Waals surface area contributed by atoms with Crippen molar-refractivity contribution in [1.29, 1.82) is 0 Å². The lowest BCUT2D eigenvalue weighted by Gasteiger charge is -2.57. The predicted octanol–water partition coefficient (Wildman–Crippen LogP) is 6.61. The van der Waals surface area contributed by atoms with Crippen LogP contribution in [0.2, 0.25) is 0 Å². The maximum atomic E-state index is 11.3. The fourth-order valence-electron chi connectivity index (χ4n) is 11.8. The van der Waals surface area contributed by atoms with Crippen LogP contribution in [-0.4, -0.2) is 20.4 Å². The first-order chi connectivity index (χ1) is 18.8. The van der Waals surface area contributed by atoms with Gasteiger partial charge in [-0.1, -0.05) is 12.1 Å². The zero-order chi connectivity index (χ0) is 26.5. The topological polar surface area (TPSA) is 80.9 Å². The van der Waals surface area contributed by atoms with Crippen LogP contribution >= 0.6 is 0 Å². The molecule has 8 fully saturated rings. The van der Waals surface area contributed by atoms with Gasteiger partial charge in [0.1, 0.15) is 11.5 Å². The number of aliphatic hydroxyl groups is 2.